The van der Waals surface area contributed by atoms with Crippen molar-refractivity contribution in [2.24, 2.45) is 0 Å². The molecule has 0 radical (unpaired) electrons. The second-order valence-corrected chi connectivity index (χ2v) is 6.00. The summed E-state index contributed by atoms with van der Waals surface area (Å²) in [5, 5.41) is 0. The van der Waals surface area contributed by atoms with Gasteiger partial charge in [-0.3, -0.25) is 0 Å². The van der Waals surface area contributed by atoms with Gasteiger partial charge in [-0.15, -0.1) is 0 Å². The molecule has 0 N–H and O–H groups in total. The minimum absolute atomic E-state index is 0.206. The summed E-state index contributed by atoms with van der Waals surface area (Å²) in [5.41, 5.74) is 0.983. The van der Waals surface area contributed by atoms with E-state index in [1.807, 2.05) is 0 Å². The van der Waals surface area contributed by atoms with Crippen LogP contribution in [0.4, 0.5) is 4.39 Å². The van der Waals surface area contributed by atoms with E-state index in [1.54, 1.807) is 18.2 Å². The molecule has 1 aromatic carbocycles. The van der Waals surface area contributed by atoms with Crippen molar-refractivity contribution in [1.82, 2.24) is 4.90 Å². The number of piperidine rings is 1. The van der Waals surface area contributed by atoms with Crippen molar-refractivity contribution < 1.29 is 12.8 Å². The van der Waals surface area contributed by atoms with E-state index in [0.717, 1.165) is 32.5 Å². The highest BCUT2D eigenvalue weighted by Crippen LogP contribution is 2.31. The predicted octanol–water partition coefficient (Wildman–Crippen LogP) is 2.14. The molecular formula is C14H20FNO2S. The first-order valence-electron chi connectivity index (χ1n) is 6.73. The number of hydrogen-bond acceptors (Lipinski definition) is 3. The lowest BCUT2D eigenvalue weighted by molar-refractivity contribution is 0.220. The Labute approximate surface area is 115 Å². The van der Waals surface area contributed by atoms with Crippen molar-refractivity contribution in [2.45, 2.75) is 31.4 Å². The number of nitrogens with zero attached hydrogens (tertiary/aromatic N) is 1. The van der Waals surface area contributed by atoms with Crippen LogP contribution in [0.5, 0.6) is 0 Å². The van der Waals surface area contributed by atoms with E-state index in [9.17, 15) is 12.8 Å². The molecule has 2 rings (SSSR count). The highest BCUT2D eigenvalue weighted by Gasteiger charge is 2.23. The summed E-state index contributed by atoms with van der Waals surface area (Å²) in [5.74, 6) is -0.313. The molecule has 1 saturated heterocycles. The maximum absolute atomic E-state index is 14.3. The SMILES string of the molecule is CCN1CCC(c2cccc(C[SH](=O)=O)c2F)CC1. The molecule has 0 atom stereocenters. The van der Waals surface area contributed by atoms with Gasteiger partial charge in [0.15, 0.2) is 0 Å². The Morgan fingerprint density at radius 1 is 1.32 bits per heavy atom. The molecule has 1 aromatic rings. The summed E-state index contributed by atoms with van der Waals surface area (Å²) in [7, 11) is -2.58. The molecule has 0 bridgehead atoms. The van der Waals surface area contributed by atoms with Crippen molar-refractivity contribution in [3.8, 4) is 0 Å². The lowest BCUT2D eigenvalue weighted by Gasteiger charge is -2.31. The molecule has 0 aromatic heterocycles. The van der Waals surface area contributed by atoms with Gasteiger partial charge in [0.2, 0.25) is 0 Å². The van der Waals surface area contributed by atoms with Crippen LogP contribution in [-0.2, 0) is 16.5 Å². The molecule has 1 aliphatic rings. The molecule has 19 heavy (non-hydrogen) atoms. The standard InChI is InChI=1S/C14H20FNO2S/c1-2-16-8-6-11(7-9-16)13-5-3-4-12(14(13)15)10-19(17)18/h3-5,11,19H,2,6-10H2,1H3. The fourth-order valence-electron chi connectivity index (χ4n) is 2.74. The molecule has 106 valence electrons. The molecular weight excluding hydrogens is 265 g/mol. The number of thiol groups is 1. The second kappa shape index (κ2) is 6.48. The van der Waals surface area contributed by atoms with Crippen LogP contribution in [0.1, 0.15) is 36.8 Å². The summed E-state index contributed by atoms with van der Waals surface area (Å²) in [6.45, 7) is 5.14. The zero-order valence-electron chi connectivity index (χ0n) is 11.1. The van der Waals surface area contributed by atoms with Crippen molar-refractivity contribution in [3.63, 3.8) is 0 Å². The minimum atomic E-state index is -2.58. The third-order valence-electron chi connectivity index (χ3n) is 3.88. The van der Waals surface area contributed by atoms with Crippen LogP contribution < -0.4 is 0 Å². The highest BCUT2D eigenvalue weighted by molar-refractivity contribution is 7.71. The van der Waals surface area contributed by atoms with E-state index in [0.29, 0.717) is 11.1 Å². The summed E-state index contributed by atoms with van der Waals surface area (Å²) in [6, 6.07) is 5.12. The van der Waals surface area contributed by atoms with E-state index in [4.69, 9.17) is 0 Å². The largest absolute Gasteiger partial charge is 0.304 e. The van der Waals surface area contributed by atoms with Gasteiger partial charge in [-0.2, -0.15) is 0 Å². The van der Waals surface area contributed by atoms with Crippen LogP contribution in [0.15, 0.2) is 18.2 Å². The maximum Gasteiger partial charge on any atom is 0.144 e. The van der Waals surface area contributed by atoms with E-state index < -0.39 is 10.7 Å². The average molecular weight is 285 g/mol. The van der Waals surface area contributed by atoms with E-state index >= 15 is 0 Å². The van der Waals surface area contributed by atoms with Crippen molar-refractivity contribution in [2.75, 3.05) is 19.6 Å². The second-order valence-electron chi connectivity index (χ2n) is 5.02. The quantitative estimate of drug-likeness (QED) is 0.861. The third kappa shape index (κ3) is 3.54. The number of rotatable bonds is 4. The van der Waals surface area contributed by atoms with Crippen molar-refractivity contribution >= 4 is 10.7 Å². The lowest BCUT2D eigenvalue weighted by atomic mass is 9.88. The van der Waals surface area contributed by atoms with Crippen molar-refractivity contribution in [1.29, 1.82) is 0 Å². The molecule has 0 amide bonds. The number of likely N-dealkylation sites (tertiary alicyclic amines) is 1. The van der Waals surface area contributed by atoms with Crippen molar-refractivity contribution in [3.05, 3.63) is 35.1 Å². The van der Waals surface area contributed by atoms with Gasteiger partial charge in [-0.05, 0) is 44.0 Å². The highest BCUT2D eigenvalue weighted by atomic mass is 32.2. The van der Waals surface area contributed by atoms with Gasteiger partial charge in [0.1, 0.15) is 16.5 Å². The third-order valence-corrected chi connectivity index (χ3v) is 4.48. The Balaban J connectivity index is 2.16. The lowest BCUT2D eigenvalue weighted by Crippen LogP contribution is -2.32. The average Bonchev–Trinajstić information content (AvgIpc) is 2.41. The van der Waals surface area contributed by atoms with Gasteiger partial charge < -0.3 is 4.90 Å². The van der Waals surface area contributed by atoms with Gasteiger partial charge >= 0.3 is 0 Å². The topological polar surface area (TPSA) is 37.4 Å². The zero-order chi connectivity index (χ0) is 13.8. The first kappa shape index (κ1) is 14.5. The first-order chi connectivity index (χ1) is 9.11. The minimum Gasteiger partial charge on any atom is -0.304 e. The smallest absolute Gasteiger partial charge is 0.144 e. The molecule has 0 spiro atoms. The summed E-state index contributed by atoms with van der Waals surface area (Å²) < 4.78 is 35.8. The van der Waals surface area contributed by atoms with E-state index in [-0.39, 0.29) is 17.5 Å². The molecule has 1 aliphatic heterocycles. The first-order valence-corrected chi connectivity index (χ1v) is 8.09. The molecule has 0 saturated carbocycles. The molecule has 0 aliphatic carbocycles. The van der Waals surface area contributed by atoms with Gasteiger partial charge in [0.25, 0.3) is 0 Å². The fourth-order valence-corrected chi connectivity index (χ4v) is 3.26. The van der Waals surface area contributed by atoms with Crippen LogP contribution in [0.2, 0.25) is 0 Å². The Kier molecular flexibility index (Phi) is 4.93. The predicted molar refractivity (Wildman–Crippen MR) is 74.5 cm³/mol. The molecule has 1 heterocycles. The van der Waals surface area contributed by atoms with Crippen LogP contribution in [0.3, 0.4) is 0 Å². The Bertz CT molecular complexity index is 500. The fraction of sp³-hybridized carbons (Fsp3) is 0.571. The van der Waals surface area contributed by atoms with Crippen LogP contribution in [-0.4, -0.2) is 33.0 Å². The number of benzene rings is 1. The monoisotopic (exact) mass is 285 g/mol. The Morgan fingerprint density at radius 2 is 2.00 bits per heavy atom. The molecule has 1 fully saturated rings. The van der Waals surface area contributed by atoms with E-state index in [1.165, 1.54) is 0 Å². The normalized spacial score (nSPS) is 18.1. The summed E-state index contributed by atoms with van der Waals surface area (Å²) in [4.78, 5) is 2.35. The van der Waals surface area contributed by atoms with Gasteiger partial charge in [-0.25, -0.2) is 12.8 Å². The maximum atomic E-state index is 14.3. The van der Waals surface area contributed by atoms with Gasteiger partial charge in [-0.1, -0.05) is 25.1 Å². The molecule has 3 nitrogen and oxygen atoms in total. The van der Waals surface area contributed by atoms with Crippen LogP contribution in [0.25, 0.3) is 0 Å². The van der Waals surface area contributed by atoms with Crippen LogP contribution in [0, 0.1) is 5.82 Å². The van der Waals surface area contributed by atoms with Crippen LogP contribution >= 0.6 is 0 Å². The Morgan fingerprint density at radius 3 is 2.58 bits per heavy atom. The number of halogens is 1. The number of hydrogen-bond donors (Lipinski definition) is 1. The molecule has 0 unspecified atom stereocenters. The summed E-state index contributed by atoms with van der Waals surface area (Å²) in [6.07, 6.45) is 1.88. The van der Waals surface area contributed by atoms with Gasteiger partial charge in [0, 0.05) is 5.56 Å². The Hall–Kier alpha value is -0.940. The molecule has 5 heteroatoms. The zero-order valence-corrected chi connectivity index (χ0v) is 12.0. The van der Waals surface area contributed by atoms with E-state index in [2.05, 4.69) is 11.8 Å². The van der Waals surface area contributed by atoms with Gasteiger partial charge in [0.05, 0.1) is 5.75 Å². The summed E-state index contributed by atoms with van der Waals surface area (Å²) >= 11 is 0.